The molecule has 0 aliphatic carbocycles. The van der Waals surface area contributed by atoms with Crippen molar-refractivity contribution in [3.63, 3.8) is 0 Å². The van der Waals surface area contributed by atoms with Gasteiger partial charge in [0.05, 0.1) is 19.3 Å². The molecular formula is C10H10F3NO. The Hall–Kier alpha value is -1.07. The molecule has 1 N–H and O–H groups in total. The van der Waals surface area contributed by atoms with Crippen LogP contribution in [0.2, 0.25) is 0 Å². The second-order valence-electron chi connectivity index (χ2n) is 3.38. The lowest BCUT2D eigenvalue weighted by molar-refractivity contribution is 0.0766. The molecule has 0 saturated carbocycles. The molecule has 15 heavy (non-hydrogen) atoms. The molecule has 1 aliphatic rings. The smallest absolute Gasteiger partial charge is 0.194 e. The maximum absolute atomic E-state index is 12.9. The summed E-state index contributed by atoms with van der Waals surface area (Å²) in [4.78, 5) is 0. The number of benzene rings is 1. The molecule has 2 nitrogen and oxygen atoms in total. The standard InChI is InChI=1S/C10H10F3NO/c11-7-3-6(4-8(12)10(7)13)9-5-15-2-1-14-9/h3-4,9,14H,1-2,5H2. The maximum Gasteiger partial charge on any atom is 0.194 e. The molecule has 1 fully saturated rings. The third-order valence-corrected chi connectivity index (χ3v) is 2.33. The highest BCUT2D eigenvalue weighted by Crippen LogP contribution is 2.20. The number of morpholine rings is 1. The van der Waals surface area contributed by atoms with Gasteiger partial charge in [0.1, 0.15) is 0 Å². The number of rotatable bonds is 1. The number of halogens is 3. The maximum atomic E-state index is 12.9. The van der Waals surface area contributed by atoms with E-state index in [4.69, 9.17) is 4.74 Å². The Morgan fingerprint density at radius 3 is 2.40 bits per heavy atom. The number of hydrogen-bond donors (Lipinski definition) is 1. The Kier molecular flexibility index (Phi) is 2.93. The molecule has 5 heteroatoms. The van der Waals surface area contributed by atoms with Crippen LogP contribution in [0.25, 0.3) is 0 Å². The van der Waals surface area contributed by atoms with Gasteiger partial charge in [-0.15, -0.1) is 0 Å². The van der Waals surface area contributed by atoms with Crippen LogP contribution < -0.4 is 5.32 Å². The SMILES string of the molecule is Fc1cc(C2COCCN2)cc(F)c1F. The van der Waals surface area contributed by atoms with Gasteiger partial charge in [-0.25, -0.2) is 13.2 Å². The molecule has 0 aromatic heterocycles. The fraction of sp³-hybridized carbons (Fsp3) is 0.400. The van der Waals surface area contributed by atoms with Gasteiger partial charge in [-0.05, 0) is 17.7 Å². The molecular weight excluding hydrogens is 207 g/mol. The minimum absolute atomic E-state index is 0.275. The first-order valence-corrected chi connectivity index (χ1v) is 4.64. The van der Waals surface area contributed by atoms with Gasteiger partial charge >= 0.3 is 0 Å². The van der Waals surface area contributed by atoms with E-state index in [1.54, 1.807) is 0 Å². The molecule has 0 amide bonds. The monoisotopic (exact) mass is 217 g/mol. The zero-order chi connectivity index (χ0) is 10.8. The van der Waals surface area contributed by atoms with Crippen LogP contribution in [0.15, 0.2) is 12.1 Å². The molecule has 1 unspecified atom stereocenters. The molecule has 1 atom stereocenters. The molecule has 1 aliphatic heterocycles. The van der Waals surface area contributed by atoms with E-state index in [1.807, 2.05) is 0 Å². The van der Waals surface area contributed by atoms with Gasteiger partial charge in [-0.1, -0.05) is 0 Å². The van der Waals surface area contributed by atoms with Crippen LogP contribution in [0.4, 0.5) is 13.2 Å². The lowest BCUT2D eigenvalue weighted by atomic mass is 10.1. The van der Waals surface area contributed by atoms with Crippen LogP contribution in [-0.4, -0.2) is 19.8 Å². The zero-order valence-electron chi connectivity index (χ0n) is 7.90. The summed E-state index contributed by atoms with van der Waals surface area (Å²) in [5.41, 5.74) is 0.367. The summed E-state index contributed by atoms with van der Waals surface area (Å²) >= 11 is 0. The Morgan fingerprint density at radius 2 is 1.87 bits per heavy atom. The highest BCUT2D eigenvalue weighted by atomic mass is 19.2. The summed E-state index contributed by atoms with van der Waals surface area (Å²) in [7, 11) is 0. The summed E-state index contributed by atoms with van der Waals surface area (Å²) in [5, 5.41) is 3.03. The van der Waals surface area contributed by atoms with E-state index >= 15 is 0 Å². The lowest BCUT2D eigenvalue weighted by Gasteiger charge is -2.24. The normalized spacial score (nSPS) is 21.7. The van der Waals surface area contributed by atoms with Crippen molar-refractivity contribution in [3.8, 4) is 0 Å². The Balaban J connectivity index is 2.27. The predicted octanol–water partition coefficient (Wildman–Crippen LogP) is 1.76. The number of nitrogens with one attached hydrogen (secondary N) is 1. The van der Waals surface area contributed by atoms with Gasteiger partial charge in [0, 0.05) is 6.54 Å². The molecule has 1 saturated heterocycles. The molecule has 0 radical (unpaired) electrons. The first-order chi connectivity index (χ1) is 7.18. The summed E-state index contributed by atoms with van der Waals surface area (Å²) in [5.74, 6) is -3.77. The molecule has 0 spiro atoms. The van der Waals surface area contributed by atoms with E-state index in [2.05, 4.69) is 5.32 Å². The first-order valence-electron chi connectivity index (χ1n) is 4.64. The molecule has 2 rings (SSSR count). The van der Waals surface area contributed by atoms with Gasteiger partial charge in [-0.3, -0.25) is 0 Å². The average molecular weight is 217 g/mol. The van der Waals surface area contributed by atoms with E-state index in [9.17, 15) is 13.2 Å². The van der Waals surface area contributed by atoms with Gasteiger partial charge in [-0.2, -0.15) is 0 Å². The third kappa shape index (κ3) is 2.13. The van der Waals surface area contributed by atoms with Gasteiger partial charge < -0.3 is 10.1 Å². The Bertz CT molecular complexity index is 341. The molecule has 82 valence electrons. The van der Waals surface area contributed by atoms with Crippen molar-refractivity contribution in [2.24, 2.45) is 0 Å². The zero-order valence-corrected chi connectivity index (χ0v) is 7.90. The van der Waals surface area contributed by atoms with Crippen LogP contribution in [0.3, 0.4) is 0 Å². The largest absolute Gasteiger partial charge is 0.378 e. The molecule has 1 heterocycles. The van der Waals surface area contributed by atoms with Gasteiger partial charge in [0.2, 0.25) is 0 Å². The fourth-order valence-electron chi connectivity index (χ4n) is 1.56. The first kappa shape index (κ1) is 10.4. The van der Waals surface area contributed by atoms with Crippen molar-refractivity contribution in [1.29, 1.82) is 0 Å². The summed E-state index contributed by atoms with van der Waals surface area (Å²) in [6.45, 7) is 1.53. The second-order valence-corrected chi connectivity index (χ2v) is 3.38. The molecule has 1 aromatic rings. The second kappa shape index (κ2) is 4.20. The van der Waals surface area contributed by atoms with Crippen molar-refractivity contribution in [2.45, 2.75) is 6.04 Å². The van der Waals surface area contributed by atoms with Crippen LogP contribution in [0.1, 0.15) is 11.6 Å². The quantitative estimate of drug-likeness (QED) is 0.724. The van der Waals surface area contributed by atoms with Crippen molar-refractivity contribution < 1.29 is 17.9 Å². The van der Waals surface area contributed by atoms with E-state index < -0.39 is 17.5 Å². The summed E-state index contributed by atoms with van der Waals surface area (Å²) < 4.78 is 43.6. The number of hydrogen-bond acceptors (Lipinski definition) is 2. The number of ether oxygens (including phenoxy) is 1. The van der Waals surface area contributed by atoms with E-state index in [0.717, 1.165) is 12.1 Å². The predicted molar refractivity (Wildman–Crippen MR) is 47.9 cm³/mol. The fourth-order valence-corrected chi connectivity index (χ4v) is 1.56. The van der Waals surface area contributed by atoms with Gasteiger partial charge in [0.25, 0.3) is 0 Å². The average Bonchev–Trinajstić information content (AvgIpc) is 2.26. The minimum Gasteiger partial charge on any atom is -0.378 e. The van der Waals surface area contributed by atoms with E-state index in [-0.39, 0.29) is 6.04 Å². The van der Waals surface area contributed by atoms with E-state index in [1.165, 1.54) is 0 Å². The van der Waals surface area contributed by atoms with Crippen molar-refractivity contribution in [2.75, 3.05) is 19.8 Å². The van der Waals surface area contributed by atoms with Crippen LogP contribution in [0, 0.1) is 17.5 Å². The topological polar surface area (TPSA) is 21.3 Å². The van der Waals surface area contributed by atoms with Crippen LogP contribution >= 0.6 is 0 Å². The van der Waals surface area contributed by atoms with Crippen molar-refractivity contribution in [3.05, 3.63) is 35.1 Å². The van der Waals surface area contributed by atoms with Crippen molar-refractivity contribution in [1.82, 2.24) is 5.32 Å². The third-order valence-electron chi connectivity index (χ3n) is 2.33. The highest BCUT2D eigenvalue weighted by molar-refractivity contribution is 5.23. The molecule has 0 bridgehead atoms. The van der Waals surface area contributed by atoms with Crippen LogP contribution in [0.5, 0.6) is 0 Å². The van der Waals surface area contributed by atoms with Gasteiger partial charge in [0.15, 0.2) is 17.5 Å². The van der Waals surface area contributed by atoms with Crippen molar-refractivity contribution >= 4 is 0 Å². The lowest BCUT2D eigenvalue weighted by Crippen LogP contribution is -2.34. The minimum atomic E-state index is -1.43. The van der Waals surface area contributed by atoms with E-state index in [0.29, 0.717) is 25.3 Å². The summed E-state index contributed by atoms with van der Waals surface area (Å²) in [6.07, 6.45) is 0. The summed E-state index contributed by atoms with van der Waals surface area (Å²) in [6, 6.07) is 1.71. The molecule has 1 aromatic carbocycles. The Morgan fingerprint density at radius 1 is 1.20 bits per heavy atom. The Labute approximate surface area is 85.0 Å². The van der Waals surface area contributed by atoms with Crippen LogP contribution in [-0.2, 0) is 4.74 Å². The highest BCUT2D eigenvalue weighted by Gasteiger charge is 2.19.